The highest BCUT2D eigenvalue weighted by atomic mass is 19.1. The minimum absolute atomic E-state index is 0.309. The summed E-state index contributed by atoms with van der Waals surface area (Å²) in [5.41, 5.74) is 2.36. The molecular formula is C17H21F2N3O. The van der Waals surface area contributed by atoms with Crippen LogP contribution in [-0.2, 0) is 20.0 Å². The molecule has 6 heteroatoms. The van der Waals surface area contributed by atoms with E-state index in [-0.39, 0.29) is 6.04 Å². The number of benzene rings is 1. The average Bonchev–Trinajstić information content (AvgIpc) is 3.04. The summed E-state index contributed by atoms with van der Waals surface area (Å²) in [6.45, 7) is 3.04. The van der Waals surface area contributed by atoms with E-state index in [9.17, 15) is 13.9 Å². The van der Waals surface area contributed by atoms with Crippen LogP contribution in [0.1, 0.15) is 36.2 Å². The van der Waals surface area contributed by atoms with Gasteiger partial charge in [-0.1, -0.05) is 6.92 Å². The molecular weight excluding hydrogens is 300 g/mol. The van der Waals surface area contributed by atoms with Gasteiger partial charge in [0.2, 0.25) is 0 Å². The maximum atomic E-state index is 14.1. The number of aryl methyl sites for hydroxylation is 2. The lowest BCUT2D eigenvalue weighted by atomic mass is 10.0. The molecule has 1 fully saturated rings. The van der Waals surface area contributed by atoms with Gasteiger partial charge in [0.1, 0.15) is 11.6 Å². The van der Waals surface area contributed by atoms with Crippen LogP contribution in [0, 0.1) is 11.6 Å². The van der Waals surface area contributed by atoms with Gasteiger partial charge in [-0.25, -0.2) is 8.78 Å². The second-order valence-corrected chi connectivity index (χ2v) is 6.13. The fraction of sp³-hybridized carbons (Fsp3) is 0.471. The van der Waals surface area contributed by atoms with Gasteiger partial charge < -0.3 is 5.11 Å². The van der Waals surface area contributed by atoms with Crippen molar-refractivity contribution in [2.45, 2.75) is 38.5 Å². The summed E-state index contributed by atoms with van der Waals surface area (Å²) < 4.78 is 29.4. The third-order valence-electron chi connectivity index (χ3n) is 4.40. The normalized spacial score (nSPS) is 22.0. The Hall–Kier alpha value is -1.79. The van der Waals surface area contributed by atoms with Crippen molar-refractivity contribution >= 4 is 0 Å². The number of β-amino-alcohol motifs (C(OH)–C–C–N with tert-alkyl or cyclic N) is 1. The number of aliphatic hydroxyl groups is 1. The van der Waals surface area contributed by atoms with E-state index in [2.05, 4.69) is 5.10 Å². The molecule has 1 aliphatic heterocycles. The lowest BCUT2D eigenvalue weighted by Crippen LogP contribution is -2.25. The molecule has 0 spiro atoms. The maximum absolute atomic E-state index is 14.1. The third-order valence-corrected chi connectivity index (χ3v) is 4.40. The van der Waals surface area contributed by atoms with E-state index in [1.807, 2.05) is 25.1 Å². The minimum atomic E-state index is -0.538. The van der Waals surface area contributed by atoms with Crippen molar-refractivity contribution in [1.29, 1.82) is 0 Å². The van der Waals surface area contributed by atoms with Crippen LogP contribution in [0.3, 0.4) is 0 Å². The third kappa shape index (κ3) is 3.28. The molecule has 124 valence electrons. The molecule has 1 N–H and O–H groups in total. The number of hydrogen-bond acceptors (Lipinski definition) is 3. The van der Waals surface area contributed by atoms with Crippen LogP contribution in [0.5, 0.6) is 0 Å². The highest BCUT2D eigenvalue weighted by Gasteiger charge is 2.34. The lowest BCUT2D eigenvalue weighted by molar-refractivity contribution is 0.172. The summed E-state index contributed by atoms with van der Waals surface area (Å²) in [5.74, 6) is -0.893. The summed E-state index contributed by atoms with van der Waals surface area (Å²) in [4.78, 5) is 2.00. The first-order valence-corrected chi connectivity index (χ1v) is 7.86. The Morgan fingerprint density at radius 3 is 2.87 bits per heavy atom. The summed E-state index contributed by atoms with van der Waals surface area (Å²) in [6, 6.07) is 3.17. The zero-order chi connectivity index (χ0) is 16.6. The first kappa shape index (κ1) is 16.1. The number of halogens is 2. The smallest absolute Gasteiger partial charge is 0.128 e. The number of likely N-dealkylation sites (tertiary alicyclic amines) is 1. The lowest BCUT2D eigenvalue weighted by Gasteiger charge is -2.24. The Balaban J connectivity index is 1.89. The summed E-state index contributed by atoms with van der Waals surface area (Å²) in [5, 5.41) is 14.4. The molecule has 0 saturated carbocycles. The van der Waals surface area contributed by atoms with E-state index in [0.717, 1.165) is 29.8 Å². The van der Waals surface area contributed by atoms with Crippen molar-refractivity contribution in [3.05, 3.63) is 52.9 Å². The SMILES string of the molecule is CCc1nn(C)cc1CN1CC(O)CC1c1cc(F)ccc1F. The molecule has 2 unspecified atom stereocenters. The summed E-state index contributed by atoms with van der Waals surface area (Å²) >= 11 is 0. The number of nitrogens with zero attached hydrogens (tertiary/aromatic N) is 3. The van der Waals surface area contributed by atoms with E-state index < -0.39 is 17.7 Å². The zero-order valence-electron chi connectivity index (χ0n) is 13.3. The van der Waals surface area contributed by atoms with Crippen LogP contribution in [-0.4, -0.2) is 32.4 Å². The molecule has 2 heterocycles. The van der Waals surface area contributed by atoms with E-state index in [0.29, 0.717) is 25.1 Å². The Bertz CT molecular complexity index is 701. The van der Waals surface area contributed by atoms with Crippen molar-refractivity contribution in [1.82, 2.24) is 14.7 Å². The number of rotatable bonds is 4. The van der Waals surface area contributed by atoms with Gasteiger partial charge in [-0.05, 0) is 31.0 Å². The van der Waals surface area contributed by atoms with Crippen LogP contribution in [0.4, 0.5) is 8.78 Å². The molecule has 1 aliphatic rings. The molecule has 1 aromatic carbocycles. The second kappa shape index (κ2) is 6.37. The molecule has 0 aliphatic carbocycles. The second-order valence-electron chi connectivity index (χ2n) is 6.13. The molecule has 3 rings (SSSR count). The van der Waals surface area contributed by atoms with E-state index in [1.54, 1.807) is 4.68 Å². The van der Waals surface area contributed by atoms with Crippen molar-refractivity contribution < 1.29 is 13.9 Å². The number of aromatic nitrogens is 2. The molecule has 0 bridgehead atoms. The topological polar surface area (TPSA) is 41.3 Å². The quantitative estimate of drug-likeness (QED) is 0.941. The monoisotopic (exact) mass is 321 g/mol. The van der Waals surface area contributed by atoms with Gasteiger partial charge in [-0.15, -0.1) is 0 Å². The fourth-order valence-electron chi connectivity index (χ4n) is 3.38. The Kier molecular flexibility index (Phi) is 4.46. The Morgan fingerprint density at radius 2 is 2.13 bits per heavy atom. The van der Waals surface area contributed by atoms with Crippen LogP contribution in [0.25, 0.3) is 0 Å². The van der Waals surface area contributed by atoms with Crippen LogP contribution < -0.4 is 0 Å². The first-order valence-electron chi connectivity index (χ1n) is 7.86. The first-order chi connectivity index (χ1) is 11.0. The minimum Gasteiger partial charge on any atom is -0.392 e. The summed E-state index contributed by atoms with van der Waals surface area (Å²) in [6.07, 6.45) is 2.63. The van der Waals surface area contributed by atoms with Gasteiger partial charge in [-0.2, -0.15) is 5.10 Å². The molecule has 1 saturated heterocycles. The van der Waals surface area contributed by atoms with Crippen molar-refractivity contribution in [2.75, 3.05) is 6.54 Å². The molecule has 23 heavy (non-hydrogen) atoms. The van der Waals surface area contributed by atoms with Gasteiger partial charge in [0.05, 0.1) is 11.8 Å². The molecule has 4 nitrogen and oxygen atoms in total. The fourth-order valence-corrected chi connectivity index (χ4v) is 3.38. The molecule has 0 amide bonds. The average molecular weight is 321 g/mol. The molecule has 1 aromatic heterocycles. The van der Waals surface area contributed by atoms with Gasteiger partial charge in [0.15, 0.2) is 0 Å². The van der Waals surface area contributed by atoms with E-state index in [1.165, 1.54) is 6.07 Å². The Morgan fingerprint density at radius 1 is 1.35 bits per heavy atom. The standard InChI is InChI=1S/C17H21F2N3O/c1-3-16-11(8-21(2)20-16)9-22-10-13(23)7-17(22)14-6-12(18)4-5-15(14)19/h4-6,8,13,17,23H,3,7,9-10H2,1-2H3. The predicted molar refractivity (Wildman–Crippen MR) is 82.7 cm³/mol. The number of aliphatic hydroxyl groups excluding tert-OH is 1. The van der Waals surface area contributed by atoms with Gasteiger partial charge in [0, 0.05) is 43.5 Å². The highest BCUT2D eigenvalue weighted by molar-refractivity contribution is 5.25. The van der Waals surface area contributed by atoms with Gasteiger partial charge in [-0.3, -0.25) is 9.58 Å². The van der Waals surface area contributed by atoms with Crippen molar-refractivity contribution in [3.8, 4) is 0 Å². The largest absolute Gasteiger partial charge is 0.392 e. The van der Waals surface area contributed by atoms with Crippen LogP contribution >= 0.6 is 0 Å². The number of hydrogen-bond donors (Lipinski definition) is 1. The molecule has 0 radical (unpaired) electrons. The predicted octanol–water partition coefficient (Wildman–Crippen LogP) is 2.57. The molecule has 2 aromatic rings. The highest BCUT2D eigenvalue weighted by Crippen LogP contribution is 2.35. The zero-order valence-corrected chi connectivity index (χ0v) is 13.3. The summed E-state index contributed by atoms with van der Waals surface area (Å²) in [7, 11) is 1.87. The van der Waals surface area contributed by atoms with Crippen molar-refractivity contribution in [3.63, 3.8) is 0 Å². The van der Waals surface area contributed by atoms with E-state index >= 15 is 0 Å². The molecule has 2 atom stereocenters. The van der Waals surface area contributed by atoms with Crippen LogP contribution in [0.2, 0.25) is 0 Å². The van der Waals surface area contributed by atoms with Crippen LogP contribution in [0.15, 0.2) is 24.4 Å². The van der Waals surface area contributed by atoms with Gasteiger partial charge >= 0.3 is 0 Å². The Labute approximate surface area is 134 Å². The van der Waals surface area contributed by atoms with Gasteiger partial charge in [0.25, 0.3) is 0 Å². The van der Waals surface area contributed by atoms with Crippen molar-refractivity contribution in [2.24, 2.45) is 7.05 Å². The maximum Gasteiger partial charge on any atom is 0.128 e. The van der Waals surface area contributed by atoms with E-state index in [4.69, 9.17) is 0 Å².